The first kappa shape index (κ1) is 13.4. The number of hydrogen-bond acceptors (Lipinski definition) is 6. The zero-order chi connectivity index (χ0) is 11.6. The SMILES string of the molecule is C/N=C(\NC#N)SCCSCc1ccsn1. The first-order valence-electron chi connectivity index (χ1n) is 4.58. The van der Waals surface area contributed by atoms with Gasteiger partial charge < -0.3 is 0 Å². The van der Waals surface area contributed by atoms with E-state index >= 15 is 0 Å². The molecule has 0 unspecified atom stereocenters. The minimum absolute atomic E-state index is 0.678. The predicted octanol–water partition coefficient (Wildman–Crippen LogP) is 2.17. The molecule has 0 radical (unpaired) electrons. The molecular weight excluding hydrogens is 260 g/mol. The Balaban J connectivity index is 2.06. The van der Waals surface area contributed by atoms with E-state index in [1.165, 1.54) is 11.5 Å². The first-order chi connectivity index (χ1) is 7.86. The molecule has 7 heteroatoms. The van der Waals surface area contributed by atoms with E-state index in [0.717, 1.165) is 23.0 Å². The minimum Gasteiger partial charge on any atom is -0.272 e. The van der Waals surface area contributed by atoms with Gasteiger partial charge in [0.1, 0.15) is 0 Å². The Bertz CT molecular complexity index is 355. The van der Waals surface area contributed by atoms with Crippen molar-refractivity contribution in [2.75, 3.05) is 18.6 Å². The normalized spacial score (nSPS) is 11.1. The molecule has 0 aliphatic carbocycles. The largest absolute Gasteiger partial charge is 0.272 e. The molecule has 1 N–H and O–H groups in total. The smallest absolute Gasteiger partial charge is 0.183 e. The van der Waals surface area contributed by atoms with Gasteiger partial charge in [-0.2, -0.15) is 21.4 Å². The summed E-state index contributed by atoms with van der Waals surface area (Å²) in [5.74, 6) is 2.92. The maximum Gasteiger partial charge on any atom is 0.183 e. The van der Waals surface area contributed by atoms with Gasteiger partial charge in [-0.15, -0.1) is 0 Å². The molecule has 86 valence electrons. The molecule has 1 aromatic rings. The number of aromatic nitrogens is 1. The van der Waals surface area contributed by atoms with E-state index in [0.29, 0.717) is 5.17 Å². The number of nitriles is 1. The molecule has 1 heterocycles. The maximum absolute atomic E-state index is 8.43. The number of thioether (sulfide) groups is 2. The second-order valence-electron chi connectivity index (χ2n) is 2.66. The van der Waals surface area contributed by atoms with Gasteiger partial charge in [0.15, 0.2) is 11.4 Å². The van der Waals surface area contributed by atoms with E-state index in [-0.39, 0.29) is 0 Å². The Morgan fingerprint density at radius 1 is 1.69 bits per heavy atom. The second-order valence-corrected chi connectivity index (χ2v) is 5.51. The Morgan fingerprint density at radius 2 is 2.56 bits per heavy atom. The van der Waals surface area contributed by atoms with Crippen LogP contribution in [-0.4, -0.2) is 28.1 Å². The maximum atomic E-state index is 8.43. The molecule has 0 amide bonds. The zero-order valence-corrected chi connectivity index (χ0v) is 11.3. The van der Waals surface area contributed by atoms with Crippen LogP contribution in [0.3, 0.4) is 0 Å². The topological polar surface area (TPSA) is 61.1 Å². The summed E-state index contributed by atoms with van der Waals surface area (Å²) in [6.07, 6.45) is 1.86. The van der Waals surface area contributed by atoms with Crippen molar-refractivity contribution in [2.45, 2.75) is 5.75 Å². The number of amidine groups is 1. The van der Waals surface area contributed by atoms with Crippen molar-refractivity contribution in [1.29, 1.82) is 5.26 Å². The van der Waals surface area contributed by atoms with Gasteiger partial charge in [-0.05, 0) is 17.6 Å². The highest BCUT2D eigenvalue weighted by Gasteiger charge is 1.99. The molecule has 0 saturated heterocycles. The first-order valence-corrected chi connectivity index (χ1v) is 7.56. The van der Waals surface area contributed by atoms with E-state index < -0.39 is 0 Å². The molecule has 0 bridgehead atoms. The Labute approximate surface area is 108 Å². The van der Waals surface area contributed by atoms with Gasteiger partial charge in [0.25, 0.3) is 0 Å². The van der Waals surface area contributed by atoms with Gasteiger partial charge in [-0.1, -0.05) is 11.8 Å². The number of hydrogen-bond donors (Lipinski definition) is 1. The van der Waals surface area contributed by atoms with Crippen LogP contribution in [0.15, 0.2) is 16.4 Å². The van der Waals surface area contributed by atoms with E-state index in [1.54, 1.807) is 18.8 Å². The van der Waals surface area contributed by atoms with Gasteiger partial charge in [0.05, 0.1) is 5.69 Å². The standard InChI is InChI=1S/C9H12N4S3/c1-11-9(12-7-10)15-5-4-14-6-8-2-3-16-13-8/h2-3H,4-6H2,1H3,(H,11,12). The predicted molar refractivity (Wildman–Crippen MR) is 72.8 cm³/mol. The fourth-order valence-corrected chi connectivity index (χ4v) is 3.27. The van der Waals surface area contributed by atoms with Crippen molar-refractivity contribution in [1.82, 2.24) is 9.69 Å². The fraction of sp³-hybridized carbons (Fsp3) is 0.444. The number of rotatable bonds is 5. The Kier molecular flexibility index (Phi) is 7.05. The zero-order valence-electron chi connectivity index (χ0n) is 8.84. The third-order valence-corrected chi connectivity index (χ3v) is 4.39. The summed E-state index contributed by atoms with van der Waals surface area (Å²) in [6.45, 7) is 0. The van der Waals surface area contributed by atoms with Crippen LogP contribution < -0.4 is 5.32 Å². The Morgan fingerprint density at radius 3 is 3.19 bits per heavy atom. The summed E-state index contributed by atoms with van der Waals surface area (Å²) in [5, 5.41) is 13.6. The molecule has 0 fully saturated rings. The van der Waals surface area contributed by atoms with Crippen molar-refractivity contribution in [3.8, 4) is 6.19 Å². The summed E-state index contributed by atoms with van der Waals surface area (Å²) in [4.78, 5) is 3.95. The lowest BCUT2D eigenvalue weighted by Crippen LogP contribution is -2.14. The third-order valence-electron chi connectivity index (χ3n) is 1.57. The van der Waals surface area contributed by atoms with Crippen LogP contribution in [0.25, 0.3) is 0 Å². The van der Waals surface area contributed by atoms with E-state index in [1.807, 2.05) is 29.4 Å². The van der Waals surface area contributed by atoms with Crippen molar-refractivity contribution >= 4 is 40.2 Å². The van der Waals surface area contributed by atoms with Crippen LogP contribution in [-0.2, 0) is 5.75 Å². The summed E-state index contributed by atoms with van der Waals surface area (Å²) < 4.78 is 4.23. The van der Waals surface area contributed by atoms with Crippen molar-refractivity contribution < 1.29 is 0 Å². The second kappa shape index (κ2) is 8.44. The summed E-state index contributed by atoms with van der Waals surface area (Å²) >= 11 is 4.89. The van der Waals surface area contributed by atoms with Crippen LogP contribution in [0.1, 0.15) is 5.69 Å². The molecule has 0 aliphatic heterocycles. The molecule has 1 aromatic heterocycles. The molecule has 0 saturated carbocycles. The van der Waals surface area contributed by atoms with E-state index in [9.17, 15) is 0 Å². The lowest BCUT2D eigenvalue weighted by molar-refractivity contribution is 1.26. The molecule has 0 aromatic carbocycles. The highest BCUT2D eigenvalue weighted by atomic mass is 32.2. The molecule has 0 atom stereocenters. The summed E-state index contributed by atoms with van der Waals surface area (Å²) in [6, 6.07) is 2.04. The average Bonchev–Trinajstić information content (AvgIpc) is 2.80. The molecule has 0 spiro atoms. The van der Waals surface area contributed by atoms with Gasteiger partial charge in [-0.25, -0.2) is 0 Å². The fourth-order valence-electron chi connectivity index (χ4n) is 0.890. The molecule has 1 rings (SSSR count). The molecule has 4 nitrogen and oxygen atoms in total. The summed E-state index contributed by atoms with van der Waals surface area (Å²) in [5.41, 5.74) is 1.14. The van der Waals surface area contributed by atoms with Crippen LogP contribution >= 0.6 is 35.1 Å². The van der Waals surface area contributed by atoms with E-state index in [4.69, 9.17) is 5.26 Å². The number of nitrogens with zero attached hydrogens (tertiary/aromatic N) is 3. The van der Waals surface area contributed by atoms with Crippen LogP contribution in [0.5, 0.6) is 0 Å². The van der Waals surface area contributed by atoms with Gasteiger partial charge >= 0.3 is 0 Å². The molecular formula is C9H12N4S3. The quantitative estimate of drug-likeness (QED) is 0.293. The van der Waals surface area contributed by atoms with Crippen molar-refractivity contribution in [2.24, 2.45) is 4.99 Å². The number of nitrogens with one attached hydrogen (secondary N) is 1. The van der Waals surface area contributed by atoms with Crippen molar-refractivity contribution in [3.63, 3.8) is 0 Å². The summed E-state index contributed by atoms with van der Waals surface area (Å²) in [7, 11) is 1.68. The number of aliphatic imine (C=N–C) groups is 1. The lowest BCUT2D eigenvalue weighted by Gasteiger charge is -2.01. The van der Waals surface area contributed by atoms with Gasteiger partial charge in [0, 0.05) is 29.7 Å². The van der Waals surface area contributed by atoms with Crippen LogP contribution in [0, 0.1) is 11.5 Å². The van der Waals surface area contributed by atoms with E-state index in [2.05, 4.69) is 14.7 Å². The van der Waals surface area contributed by atoms with Gasteiger partial charge in [-0.3, -0.25) is 10.3 Å². The lowest BCUT2D eigenvalue weighted by atomic mass is 10.5. The monoisotopic (exact) mass is 272 g/mol. The highest BCUT2D eigenvalue weighted by Crippen LogP contribution is 2.13. The minimum atomic E-state index is 0.678. The average molecular weight is 272 g/mol. The Hall–Kier alpha value is -0.710. The van der Waals surface area contributed by atoms with Crippen LogP contribution in [0.4, 0.5) is 0 Å². The molecule has 16 heavy (non-hydrogen) atoms. The molecule has 0 aliphatic rings. The third kappa shape index (κ3) is 5.39. The van der Waals surface area contributed by atoms with Crippen molar-refractivity contribution in [3.05, 3.63) is 17.1 Å². The van der Waals surface area contributed by atoms with Crippen LogP contribution in [0.2, 0.25) is 0 Å². The highest BCUT2D eigenvalue weighted by molar-refractivity contribution is 8.14. The van der Waals surface area contributed by atoms with Gasteiger partial charge in [0.2, 0.25) is 0 Å².